The summed E-state index contributed by atoms with van der Waals surface area (Å²) in [5.41, 5.74) is 1.15. The maximum Gasteiger partial charge on any atom is 0.0570 e. The van der Waals surface area contributed by atoms with Crippen molar-refractivity contribution in [1.82, 2.24) is 15.2 Å². The Morgan fingerprint density at radius 2 is 2.05 bits per heavy atom. The molecule has 1 N–H and O–H groups in total. The first-order valence-electron chi connectivity index (χ1n) is 8.65. The van der Waals surface area contributed by atoms with E-state index in [1.165, 1.54) is 45.2 Å². The first kappa shape index (κ1) is 15.0. The van der Waals surface area contributed by atoms with E-state index >= 15 is 0 Å². The second kappa shape index (κ2) is 6.89. The number of pyridine rings is 1. The van der Waals surface area contributed by atoms with Gasteiger partial charge in [-0.25, -0.2) is 0 Å². The van der Waals surface area contributed by atoms with Crippen LogP contribution in [0.25, 0.3) is 0 Å². The van der Waals surface area contributed by atoms with Crippen molar-refractivity contribution in [2.75, 3.05) is 13.1 Å². The molecule has 1 aromatic rings. The van der Waals surface area contributed by atoms with Gasteiger partial charge in [0.15, 0.2) is 0 Å². The van der Waals surface area contributed by atoms with Crippen molar-refractivity contribution in [1.29, 1.82) is 0 Å². The molecule has 116 valence electrons. The first-order valence-corrected chi connectivity index (χ1v) is 8.65. The van der Waals surface area contributed by atoms with Gasteiger partial charge in [0.05, 0.1) is 5.69 Å². The van der Waals surface area contributed by atoms with Gasteiger partial charge < -0.3 is 10.2 Å². The molecule has 3 rings (SSSR count). The molecule has 3 nitrogen and oxygen atoms in total. The zero-order valence-corrected chi connectivity index (χ0v) is 13.5. The molecule has 0 spiro atoms. The van der Waals surface area contributed by atoms with Gasteiger partial charge in [0.1, 0.15) is 0 Å². The summed E-state index contributed by atoms with van der Waals surface area (Å²) in [4.78, 5) is 7.22. The number of hydrogen-bond acceptors (Lipinski definition) is 3. The number of aromatic nitrogens is 1. The van der Waals surface area contributed by atoms with Gasteiger partial charge in [0.25, 0.3) is 0 Å². The SMILES string of the molecule is C[C@H](N[C@@H](C)[C@H]1CCCN(C2CCC2)C1)c1ccccn1. The molecule has 0 radical (unpaired) electrons. The number of nitrogens with one attached hydrogen (secondary N) is 1. The molecule has 0 aromatic carbocycles. The largest absolute Gasteiger partial charge is 0.306 e. The van der Waals surface area contributed by atoms with Gasteiger partial charge >= 0.3 is 0 Å². The second-order valence-corrected chi connectivity index (χ2v) is 6.91. The third kappa shape index (κ3) is 3.64. The normalized spacial score (nSPS) is 27.0. The van der Waals surface area contributed by atoms with E-state index in [2.05, 4.69) is 41.2 Å². The van der Waals surface area contributed by atoms with Gasteiger partial charge in [-0.1, -0.05) is 12.5 Å². The van der Waals surface area contributed by atoms with Gasteiger partial charge in [-0.15, -0.1) is 0 Å². The maximum atomic E-state index is 4.47. The highest BCUT2D eigenvalue weighted by molar-refractivity contribution is 5.08. The quantitative estimate of drug-likeness (QED) is 0.900. The van der Waals surface area contributed by atoms with Crippen LogP contribution in [0.15, 0.2) is 24.4 Å². The number of nitrogens with zero attached hydrogens (tertiary/aromatic N) is 2. The van der Waals surface area contributed by atoms with Crippen molar-refractivity contribution < 1.29 is 0 Å². The Labute approximate surface area is 129 Å². The maximum absolute atomic E-state index is 4.47. The summed E-state index contributed by atoms with van der Waals surface area (Å²) in [6.45, 7) is 7.19. The summed E-state index contributed by atoms with van der Waals surface area (Å²) in [7, 11) is 0. The highest BCUT2D eigenvalue weighted by Crippen LogP contribution is 2.30. The van der Waals surface area contributed by atoms with Crippen LogP contribution in [0.3, 0.4) is 0 Å². The lowest BCUT2D eigenvalue weighted by molar-refractivity contribution is 0.0654. The number of hydrogen-bond donors (Lipinski definition) is 1. The Bertz CT molecular complexity index is 429. The zero-order valence-electron chi connectivity index (χ0n) is 13.5. The molecule has 3 atom stereocenters. The van der Waals surface area contributed by atoms with Crippen molar-refractivity contribution in [2.24, 2.45) is 5.92 Å². The molecule has 1 saturated carbocycles. The van der Waals surface area contributed by atoms with Crippen molar-refractivity contribution >= 4 is 0 Å². The number of rotatable bonds is 5. The average Bonchev–Trinajstić information content (AvgIpc) is 2.46. The van der Waals surface area contributed by atoms with E-state index in [-0.39, 0.29) is 0 Å². The number of likely N-dealkylation sites (tertiary alicyclic amines) is 1. The minimum atomic E-state index is 0.334. The molecule has 0 bridgehead atoms. The molecule has 1 aliphatic carbocycles. The molecule has 1 aliphatic heterocycles. The monoisotopic (exact) mass is 287 g/mol. The summed E-state index contributed by atoms with van der Waals surface area (Å²) in [5.74, 6) is 0.783. The van der Waals surface area contributed by atoms with Crippen LogP contribution in [0.4, 0.5) is 0 Å². The molecular weight excluding hydrogens is 258 g/mol. The van der Waals surface area contributed by atoms with Crippen LogP contribution in [0.2, 0.25) is 0 Å². The minimum absolute atomic E-state index is 0.334. The van der Waals surface area contributed by atoms with Crippen LogP contribution in [0.1, 0.15) is 57.7 Å². The summed E-state index contributed by atoms with van der Waals surface area (Å²) in [5, 5.41) is 3.77. The third-order valence-electron chi connectivity index (χ3n) is 5.43. The van der Waals surface area contributed by atoms with Crippen LogP contribution >= 0.6 is 0 Å². The summed E-state index contributed by atoms with van der Waals surface area (Å²) < 4.78 is 0. The van der Waals surface area contributed by atoms with Gasteiger partial charge in [0, 0.05) is 30.9 Å². The topological polar surface area (TPSA) is 28.2 Å². The Hall–Kier alpha value is -0.930. The van der Waals surface area contributed by atoms with Crippen LogP contribution in [-0.4, -0.2) is 35.1 Å². The van der Waals surface area contributed by atoms with Crippen LogP contribution < -0.4 is 5.32 Å². The Morgan fingerprint density at radius 1 is 1.19 bits per heavy atom. The zero-order chi connectivity index (χ0) is 14.7. The summed E-state index contributed by atoms with van der Waals surface area (Å²) in [6.07, 6.45) is 8.92. The molecule has 2 heterocycles. The highest BCUT2D eigenvalue weighted by Gasteiger charge is 2.31. The van der Waals surface area contributed by atoms with E-state index in [1.807, 2.05) is 12.3 Å². The van der Waals surface area contributed by atoms with Gasteiger partial charge in [-0.2, -0.15) is 0 Å². The molecule has 1 saturated heterocycles. The predicted molar refractivity (Wildman–Crippen MR) is 87.2 cm³/mol. The van der Waals surface area contributed by atoms with E-state index in [0.717, 1.165) is 17.7 Å². The molecule has 2 aliphatic rings. The fraction of sp³-hybridized carbons (Fsp3) is 0.722. The lowest BCUT2D eigenvalue weighted by Crippen LogP contribution is -2.50. The first-order chi connectivity index (χ1) is 10.2. The third-order valence-corrected chi connectivity index (χ3v) is 5.43. The molecule has 0 amide bonds. The van der Waals surface area contributed by atoms with Crippen molar-refractivity contribution in [3.8, 4) is 0 Å². The molecular formula is C18H29N3. The molecule has 0 unspecified atom stereocenters. The van der Waals surface area contributed by atoms with Crippen LogP contribution in [0, 0.1) is 5.92 Å². The van der Waals surface area contributed by atoms with E-state index in [0.29, 0.717) is 12.1 Å². The Morgan fingerprint density at radius 3 is 2.71 bits per heavy atom. The molecule has 3 heteroatoms. The van der Waals surface area contributed by atoms with Crippen molar-refractivity contribution in [2.45, 2.75) is 64.1 Å². The standard InChI is InChI=1S/C18H29N3/c1-14(20-15(2)18-10-3-4-11-19-18)16-7-6-12-21(13-16)17-8-5-9-17/h3-4,10-11,14-17,20H,5-9,12-13H2,1-2H3/t14-,15-,16-/m0/s1. The van der Waals surface area contributed by atoms with E-state index in [1.54, 1.807) is 0 Å². The smallest absolute Gasteiger partial charge is 0.0570 e. The Kier molecular flexibility index (Phi) is 4.91. The van der Waals surface area contributed by atoms with E-state index in [9.17, 15) is 0 Å². The Balaban J connectivity index is 1.53. The summed E-state index contributed by atoms with van der Waals surface area (Å²) >= 11 is 0. The average molecular weight is 287 g/mol. The van der Waals surface area contributed by atoms with Crippen molar-refractivity contribution in [3.63, 3.8) is 0 Å². The highest BCUT2D eigenvalue weighted by atomic mass is 15.2. The van der Waals surface area contributed by atoms with Gasteiger partial charge in [-0.3, -0.25) is 4.98 Å². The van der Waals surface area contributed by atoms with E-state index in [4.69, 9.17) is 0 Å². The lowest BCUT2D eigenvalue weighted by atomic mass is 9.85. The second-order valence-electron chi connectivity index (χ2n) is 6.91. The van der Waals surface area contributed by atoms with Gasteiger partial charge in [-0.05, 0) is 64.1 Å². The summed E-state index contributed by atoms with van der Waals surface area (Å²) in [6, 6.07) is 7.96. The van der Waals surface area contributed by atoms with E-state index < -0.39 is 0 Å². The van der Waals surface area contributed by atoms with Crippen molar-refractivity contribution in [3.05, 3.63) is 30.1 Å². The molecule has 21 heavy (non-hydrogen) atoms. The fourth-order valence-electron chi connectivity index (χ4n) is 3.78. The van der Waals surface area contributed by atoms with Gasteiger partial charge in [0.2, 0.25) is 0 Å². The predicted octanol–water partition coefficient (Wildman–Crippen LogP) is 3.39. The molecule has 1 aromatic heterocycles. The molecule has 2 fully saturated rings. The fourth-order valence-corrected chi connectivity index (χ4v) is 3.78. The minimum Gasteiger partial charge on any atom is -0.306 e. The lowest BCUT2D eigenvalue weighted by Gasteiger charge is -2.44. The van der Waals surface area contributed by atoms with Crippen LogP contribution in [-0.2, 0) is 0 Å². The number of piperidine rings is 1. The van der Waals surface area contributed by atoms with Crippen LogP contribution in [0.5, 0.6) is 0 Å².